The molecule has 0 aliphatic carbocycles. The summed E-state index contributed by atoms with van der Waals surface area (Å²) < 4.78 is 5.66. The Morgan fingerprint density at radius 1 is 1.10 bits per heavy atom. The zero-order chi connectivity index (χ0) is 22.7. The minimum atomic E-state index is -0.487. The van der Waals surface area contributed by atoms with Gasteiger partial charge in [-0.1, -0.05) is 6.92 Å². The lowest BCUT2D eigenvalue weighted by Crippen LogP contribution is -2.57. The van der Waals surface area contributed by atoms with Gasteiger partial charge in [0.05, 0.1) is 12.1 Å². The van der Waals surface area contributed by atoms with Gasteiger partial charge in [0.1, 0.15) is 5.60 Å². The fraction of sp³-hybridized carbons (Fsp3) is 0.667. The second-order valence-corrected chi connectivity index (χ2v) is 10.4. The number of nitrogens with zero attached hydrogens (tertiary/aromatic N) is 3. The molecule has 0 saturated carbocycles. The van der Waals surface area contributed by atoms with E-state index in [1.54, 1.807) is 6.92 Å². The van der Waals surface area contributed by atoms with Crippen molar-refractivity contribution in [3.05, 3.63) is 23.8 Å². The van der Waals surface area contributed by atoms with Gasteiger partial charge < -0.3 is 20.3 Å². The van der Waals surface area contributed by atoms with Crippen LogP contribution >= 0.6 is 0 Å². The number of hydrogen-bond donors (Lipinski definition) is 1. The molecular weight excluding hydrogens is 392 g/mol. The van der Waals surface area contributed by atoms with Crippen molar-refractivity contribution in [3.8, 4) is 0 Å². The molecule has 31 heavy (non-hydrogen) atoms. The van der Waals surface area contributed by atoms with Crippen LogP contribution in [0.4, 0.5) is 16.2 Å². The normalized spacial score (nSPS) is 30.3. The first-order valence-corrected chi connectivity index (χ1v) is 11.4. The summed E-state index contributed by atoms with van der Waals surface area (Å²) in [6.07, 6.45) is 1.79. The topological polar surface area (TPSA) is 79.1 Å². The van der Waals surface area contributed by atoms with Crippen LogP contribution in [0, 0.1) is 5.92 Å². The predicted octanol–water partition coefficient (Wildman–Crippen LogP) is 3.67. The molecule has 3 aliphatic rings. The van der Waals surface area contributed by atoms with E-state index in [1.807, 2.05) is 36.6 Å². The van der Waals surface area contributed by atoms with Crippen LogP contribution in [0.5, 0.6) is 0 Å². The summed E-state index contributed by atoms with van der Waals surface area (Å²) >= 11 is 0. The van der Waals surface area contributed by atoms with E-state index >= 15 is 0 Å². The van der Waals surface area contributed by atoms with Gasteiger partial charge in [0.25, 0.3) is 0 Å². The van der Waals surface area contributed by atoms with E-state index < -0.39 is 5.60 Å². The van der Waals surface area contributed by atoms with E-state index in [0.717, 1.165) is 42.9 Å². The van der Waals surface area contributed by atoms with Gasteiger partial charge >= 0.3 is 6.09 Å². The molecule has 2 bridgehead atoms. The number of piperazine rings is 1. The highest BCUT2D eigenvalue weighted by atomic mass is 16.6. The maximum absolute atomic E-state index is 12.8. The van der Waals surface area contributed by atoms with Crippen molar-refractivity contribution >= 4 is 23.4 Å². The molecule has 5 atom stereocenters. The van der Waals surface area contributed by atoms with Crippen LogP contribution in [0.25, 0.3) is 0 Å². The maximum atomic E-state index is 12.8. The summed E-state index contributed by atoms with van der Waals surface area (Å²) in [5, 5.41) is 0. The fourth-order valence-electron chi connectivity index (χ4n) is 5.45. The third kappa shape index (κ3) is 3.88. The SMILES string of the molecule is CC(=O)N1c2ccc(N3CC4CCC(C3)N4C(=O)OC(C)(C)C)cc2[C@H](N)[C@@H](C)[C@@H]1C. The quantitative estimate of drug-likeness (QED) is 0.738. The van der Waals surface area contributed by atoms with Crippen LogP contribution in [0.3, 0.4) is 0 Å². The van der Waals surface area contributed by atoms with Gasteiger partial charge in [-0.2, -0.15) is 0 Å². The summed E-state index contributed by atoms with van der Waals surface area (Å²) in [6.45, 7) is 13.1. The van der Waals surface area contributed by atoms with Gasteiger partial charge in [0, 0.05) is 43.5 Å². The highest BCUT2D eigenvalue weighted by molar-refractivity contribution is 5.94. The minimum absolute atomic E-state index is 0.0456. The minimum Gasteiger partial charge on any atom is -0.444 e. The molecule has 170 valence electrons. The third-order valence-electron chi connectivity index (χ3n) is 7.16. The number of carbonyl (C=O) groups excluding carboxylic acids is 2. The second kappa shape index (κ2) is 7.69. The molecule has 2 amide bonds. The Balaban J connectivity index is 1.58. The van der Waals surface area contributed by atoms with Crippen molar-refractivity contribution in [2.24, 2.45) is 11.7 Å². The van der Waals surface area contributed by atoms with E-state index in [9.17, 15) is 9.59 Å². The van der Waals surface area contributed by atoms with E-state index in [2.05, 4.69) is 30.9 Å². The zero-order valence-electron chi connectivity index (χ0n) is 19.6. The highest BCUT2D eigenvalue weighted by Gasteiger charge is 2.45. The van der Waals surface area contributed by atoms with E-state index in [1.165, 1.54) is 0 Å². The standard InChI is InChI=1S/C24H36N4O3/c1-14-15(2)27(16(3)29)21-10-9-17(11-20(21)22(14)25)26-12-18-7-8-19(13-26)28(18)23(30)31-24(4,5)6/h9-11,14-15,18-19,22H,7-8,12-13,25H2,1-6H3/t14-,15-,18?,19?,22+/m0/s1. The smallest absolute Gasteiger partial charge is 0.410 e. The van der Waals surface area contributed by atoms with Crippen molar-refractivity contribution in [1.82, 2.24) is 4.90 Å². The second-order valence-electron chi connectivity index (χ2n) is 10.4. The average Bonchev–Trinajstić information content (AvgIpc) is 2.94. The van der Waals surface area contributed by atoms with E-state index in [-0.39, 0.29) is 42.1 Å². The molecular formula is C24H36N4O3. The van der Waals surface area contributed by atoms with E-state index in [0.29, 0.717) is 0 Å². The Labute approximate surface area is 185 Å². The number of nitrogens with two attached hydrogens (primary N) is 1. The molecule has 3 heterocycles. The largest absolute Gasteiger partial charge is 0.444 e. The predicted molar refractivity (Wildman–Crippen MR) is 122 cm³/mol. The monoisotopic (exact) mass is 428 g/mol. The number of ether oxygens (including phenoxy) is 1. The van der Waals surface area contributed by atoms with Gasteiger partial charge in [-0.3, -0.25) is 9.69 Å². The Morgan fingerprint density at radius 3 is 2.26 bits per heavy atom. The lowest BCUT2D eigenvalue weighted by Gasteiger charge is -2.44. The molecule has 3 aliphatic heterocycles. The van der Waals surface area contributed by atoms with Gasteiger partial charge in [0.15, 0.2) is 0 Å². The van der Waals surface area contributed by atoms with Gasteiger partial charge in [-0.15, -0.1) is 0 Å². The molecule has 1 aromatic carbocycles. The number of hydrogen-bond acceptors (Lipinski definition) is 5. The zero-order valence-corrected chi connectivity index (χ0v) is 19.6. The fourth-order valence-corrected chi connectivity index (χ4v) is 5.45. The Hall–Kier alpha value is -2.28. The molecule has 2 N–H and O–H groups in total. The summed E-state index contributed by atoms with van der Waals surface area (Å²) in [5.74, 6) is 0.219. The third-order valence-corrected chi connectivity index (χ3v) is 7.16. The molecule has 0 aromatic heterocycles. The Morgan fingerprint density at radius 2 is 1.71 bits per heavy atom. The first kappa shape index (κ1) is 21.9. The summed E-state index contributed by atoms with van der Waals surface area (Å²) in [4.78, 5) is 31.3. The first-order valence-electron chi connectivity index (χ1n) is 11.4. The van der Waals surface area contributed by atoms with Crippen LogP contribution < -0.4 is 15.5 Å². The van der Waals surface area contributed by atoms with Gasteiger partial charge in [-0.05, 0) is 70.2 Å². The van der Waals surface area contributed by atoms with Crippen molar-refractivity contribution < 1.29 is 14.3 Å². The summed E-state index contributed by atoms with van der Waals surface area (Å²) in [5.41, 5.74) is 9.18. The van der Waals surface area contributed by atoms with E-state index in [4.69, 9.17) is 10.5 Å². The van der Waals surface area contributed by atoms with Crippen LogP contribution in [-0.4, -0.2) is 53.7 Å². The van der Waals surface area contributed by atoms with Gasteiger partial charge in [0.2, 0.25) is 5.91 Å². The molecule has 2 fully saturated rings. The van der Waals surface area contributed by atoms with Crippen LogP contribution in [0.2, 0.25) is 0 Å². The number of anilines is 2. The lowest BCUT2D eigenvalue weighted by molar-refractivity contribution is -0.117. The number of rotatable bonds is 1. The first-order chi connectivity index (χ1) is 14.5. The molecule has 1 aromatic rings. The molecule has 7 nitrogen and oxygen atoms in total. The van der Waals surface area contributed by atoms with Crippen LogP contribution in [0.1, 0.15) is 66.0 Å². The molecule has 4 rings (SSSR count). The number of benzene rings is 1. The van der Waals surface area contributed by atoms with Crippen molar-refractivity contribution in [3.63, 3.8) is 0 Å². The molecule has 0 radical (unpaired) electrons. The number of fused-ring (bicyclic) bond motifs is 3. The molecule has 0 spiro atoms. The highest BCUT2D eigenvalue weighted by Crippen LogP contribution is 2.42. The Kier molecular flexibility index (Phi) is 5.44. The summed E-state index contributed by atoms with van der Waals surface area (Å²) in [6, 6.07) is 6.56. The maximum Gasteiger partial charge on any atom is 0.410 e. The van der Waals surface area contributed by atoms with Crippen molar-refractivity contribution in [2.75, 3.05) is 22.9 Å². The molecule has 2 saturated heterocycles. The summed E-state index contributed by atoms with van der Waals surface area (Å²) in [7, 11) is 0. The van der Waals surface area contributed by atoms with Crippen LogP contribution in [0.15, 0.2) is 18.2 Å². The van der Waals surface area contributed by atoms with Crippen molar-refractivity contribution in [2.45, 2.75) is 84.2 Å². The van der Waals surface area contributed by atoms with Crippen LogP contribution in [-0.2, 0) is 9.53 Å². The van der Waals surface area contributed by atoms with Crippen molar-refractivity contribution in [1.29, 1.82) is 0 Å². The Bertz CT molecular complexity index is 866. The number of amides is 2. The average molecular weight is 429 g/mol. The molecule has 2 unspecified atom stereocenters. The molecule has 7 heteroatoms. The lowest BCUT2D eigenvalue weighted by atomic mass is 9.83. The van der Waals surface area contributed by atoms with Gasteiger partial charge in [-0.25, -0.2) is 4.79 Å². The number of carbonyl (C=O) groups is 2.